The van der Waals surface area contributed by atoms with Crippen LogP contribution in [0.1, 0.15) is 30.1 Å². The van der Waals surface area contributed by atoms with Crippen LogP contribution in [-0.2, 0) is 6.54 Å². The number of anilines is 3. The number of nitrogens with zero attached hydrogens (tertiary/aromatic N) is 7. The molecule has 0 spiro atoms. The Bertz CT molecular complexity index is 1780. The molecule has 2 aromatic carbocycles. The van der Waals surface area contributed by atoms with Gasteiger partial charge in [0.2, 0.25) is 5.95 Å². The number of pyridine rings is 1. The van der Waals surface area contributed by atoms with Crippen LogP contribution in [-0.4, -0.2) is 62.4 Å². The van der Waals surface area contributed by atoms with Gasteiger partial charge in [0.25, 0.3) is 5.56 Å². The number of nitrogens with one attached hydrogen (secondary N) is 1. The molecule has 5 aromatic rings. The lowest BCUT2D eigenvalue weighted by Crippen LogP contribution is -2.44. The highest BCUT2D eigenvalue weighted by Crippen LogP contribution is 2.35. The zero-order valence-corrected chi connectivity index (χ0v) is 23.9. The van der Waals surface area contributed by atoms with Gasteiger partial charge in [-0.2, -0.15) is 10.1 Å². The number of benzene rings is 2. The molecule has 2 fully saturated rings. The first-order valence-corrected chi connectivity index (χ1v) is 14.5. The Hall–Kier alpha value is -4.70. The van der Waals surface area contributed by atoms with E-state index in [1.165, 1.54) is 5.69 Å². The number of fused-ring (bicyclic) bond motifs is 1. The number of hydrogen-bond donors (Lipinski definition) is 1. The van der Waals surface area contributed by atoms with E-state index in [2.05, 4.69) is 44.4 Å². The van der Waals surface area contributed by atoms with Crippen molar-refractivity contribution in [2.75, 3.05) is 43.4 Å². The molecule has 3 aromatic heterocycles. The van der Waals surface area contributed by atoms with Crippen LogP contribution in [0.25, 0.3) is 11.0 Å². The summed E-state index contributed by atoms with van der Waals surface area (Å²) in [5, 5.41) is 8.56. The van der Waals surface area contributed by atoms with Gasteiger partial charge in [0.15, 0.2) is 5.75 Å². The number of aromatic nitrogens is 5. The molecule has 10 nitrogen and oxygen atoms in total. The van der Waals surface area contributed by atoms with Crippen LogP contribution in [0.4, 0.5) is 17.3 Å². The van der Waals surface area contributed by atoms with Crippen molar-refractivity contribution < 1.29 is 4.74 Å². The fourth-order valence-corrected chi connectivity index (χ4v) is 5.43. The molecule has 2 aliphatic rings. The first-order chi connectivity index (χ1) is 20.5. The maximum absolute atomic E-state index is 13.9. The van der Waals surface area contributed by atoms with Gasteiger partial charge < -0.3 is 19.9 Å². The summed E-state index contributed by atoms with van der Waals surface area (Å²) in [7, 11) is 2.16. The molecule has 1 saturated carbocycles. The largest absolute Gasteiger partial charge is 0.451 e. The van der Waals surface area contributed by atoms with Gasteiger partial charge in [0.1, 0.15) is 11.4 Å². The van der Waals surface area contributed by atoms with E-state index < -0.39 is 0 Å². The van der Waals surface area contributed by atoms with Crippen molar-refractivity contribution in [3.8, 4) is 11.5 Å². The molecule has 10 heteroatoms. The minimum absolute atomic E-state index is 0.234. The van der Waals surface area contributed by atoms with Crippen LogP contribution in [0.2, 0.25) is 0 Å². The van der Waals surface area contributed by atoms with Crippen LogP contribution in [0, 0.1) is 6.92 Å². The van der Waals surface area contributed by atoms with E-state index >= 15 is 0 Å². The smallest absolute Gasteiger partial charge is 0.295 e. The standard InChI is InChI=1S/C32H34N8O2/c1-22-5-3-4-6-28(22)42-29-19-23-20-33-32(35-24-7-9-25(10-8-24)38-17-15-37(2)16-18-38)36-30(23)39(31(29)41)21-27-13-14-34-40(27)26-11-12-26/h3-10,13-14,19-20,26H,11-12,15-18,21H2,1-2H3,(H,33,35,36). The van der Waals surface area contributed by atoms with E-state index in [9.17, 15) is 4.79 Å². The molecule has 1 aliphatic carbocycles. The second kappa shape index (κ2) is 10.9. The molecule has 0 radical (unpaired) electrons. The third-order valence-corrected chi connectivity index (χ3v) is 8.06. The second-order valence-corrected chi connectivity index (χ2v) is 11.2. The van der Waals surface area contributed by atoms with Crippen molar-refractivity contribution in [2.24, 2.45) is 0 Å². The van der Waals surface area contributed by atoms with Gasteiger partial charge in [-0.25, -0.2) is 4.98 Å². The highest BCUT2D eigenvalue weighted by molar-refractivity contribution is 5.77. The minimum Gasteiger partial charge on any atom is -0.451 e. The van der Waals surface area contributed by atoms with E-state index in [1.807, 2.05) is 54.1 Å². The van der Waals surface area contributed by atoms with Crippen molar-refractivity contribution in [2.45, 2.75) is 32.4 Å². The van der Waals surface area contributed by atoms with Crippen LogP contribution < -0.4 is 20.5 Å². The van der Waals surface area contributed by atoms with Crippen LogP contribution in [0.3, 0.4) is 0 Å². The monoisotopic (exact) mass is 562 g/mol. The van der Waals surface area contributed by atoms with Gasteiger partial charge in [0.05, 0.1) is 18.3 Å². The molecule has 0 unspecified atom stereocenters. The molecule has 7 rings (SSSR count). The predicted molar refractivity (Wildman–Crippen MR) is 164 cm³/mol. The second-order valence-electron chi connectivity index (χ2n) is 11.2. The van der Waals surface area contributed by atoms with Crippen LogP contribution >= 0.6 is 0 Å². The Kier molecular flexibility index (Phi) is 6.83. The third-order valence-electron chi connectivity index (χ3n) is 8.06. The predicted octanol–water partition coefficient (Wildman–Crippen LogP) is 4.97. The molecule has 0 atom stereocenters. The van der Waals surface area contributed by atoms with Crippen molar-refractivity contribution in [1.82, 2.24) is 29.2 Å². The summed E-state index contributed by atoms with van der Waals surface area (Å²) in [6.07, 6.45) is 5.74. The maximum atomic E-state index is 13.9. The molecule has 1 saturated heterocycles. The lowest BCUT2D eigenvalue weighted by atomic mass is 10.2. The summed E-state index contributed by atoms with van der Waals surface area (Å²) in [5.74, 6) is 1.30. The average Bonchev–Trinajstić information content (AvgIpc) is 3.75. The molecule has 0 amide bonds. The zero-order valence-electron chi connectivity index (χ0n) is 23.9. The summed E-state index contributed by atoms with van der Waals surface area (Å²) in [6, 6.07) is 20.1. The van der Waals surface area contributed by atoms with Gasteiger partial charge in [-0.15, -0.1) is 0 Å². The molecule has 0 bridgehead atoms. The fourth-order valence-electron chi connectivity index (χ4n) is 5.43. The molecule has 42 heavy (non-hydrogen) atoms. The van der Waals surface area contributed by atoms with E-state index in [-0.39, 0.29) is 11.3 Å². The van der Waals surface area contributed by atoms with Crippen molar-refractivity contribution >= 4 is 28.4 Å². The highest BCUT2D eigenvalue weighted by atomic mass is 16.5. The molecular formula is C32H34N8O2. The number of aryl methyl sites for hydroxylation is 1. The molecular weight excluding hydrogens is 528 g/mol. The summed E-state index contributed by atoms with van der Waals surface area (Å²) < 4.78 is 9.85. The third kappa shape index (κ3) is 5.33. The topological polar surface area (TPSA) is 93.3 Å². The summed E-state index contributed by atoms with van der Waals surface area (Å²) in [4.78, 5) is 28.1. The maximum Gasteiger partial charge on any atom is 0.295 e. The zero-order chi connectivity index (χ0) is 28.6. The fraction of sp³-hybridized carbons (Fsp3) is 0.312. The lowest BCUT2D eigenvalue weighted by Gasteiger charge is -2.34. The molecule has 4 heterocycles. The number of para-hydroxylation sites is 1. The van der Waals surface area contributed by atoms with Crippen LogP contribution in [0.5, 0.6) is 11.5 Å². The minimum atomic E-state index is -0.254. The first kappa shape index (κ1) is 26.2. The van der Waals surface area contributed by atoms with Gasteiger partial charge in [-0.3, -0.25) is 14.0 Å². The quantitative estimate of drug-likeness (QED) is 0.284. The Balaban J connectivity index is 1.22. The summed E-state index contributed by atoms with van der Waals surface area (Å²) >= 11 is 0. The molecule has 1 aliphatic heterocycles. The van der Waals surface area contributed by atoms with Crippen molar-refractivity contribution in [3.05, 3.63) is 94.7 Å². The van der Waals surface area contributed by atoms with Gasteiger partial charge in [0, 0.05) is 55.3 Å². The van der Waals surface area contributed by atoms with E-state index in [1.54, 1.807) is 23.0 Å². The van der Waals surface area contributed by atoms with Gasteiger partial charge >= 0.3 is 0 Å². The SMILES string of the molecule is Cc1ccccc1Oc1cc2cnc(Nc3ccc(N4CCN(C)CC4)cc3)nc2n(Cc2ccnn2C2CC2)c1=O. The lowest BCUT2D eigenvalue weighted by molar-refractivity contribution is 0.313. The van der Waals surface area contributed by atoms with E-state index in [4.69, 9.17) is 9.72 Å². The number of rotatable bonds is 8. The number of ether oxygens (including phenoxy) is 1. The summed E-state index contributed by atoms with van der Waals surface area (Å²) in [6.45, 7) is 6.44. The summed E-state index contributed by atoms with van der Waals surface area (Å²) in [5.41, 5.74) is 4.27. The Morgan fingerprint density at radius 2 is 1.76 bits per heavy atom. The normalized spacial score (nSPS) is 15.7. The molecule has 214 valence electrons. The average molecular weight is 563 g/mol. The van der Waals surface area contributed by atoms with Gasteiger partial charge in [-0.05, 0) is 74.8 Å². The Morgan fingerprint density at radius 3 is 2.52 bits per heavy atom. The number of likely N-dealkylation sites (N-methyl/N-ethyl adjacent to an activating group) is 1. The highest BCUT2D eigenvalue weighted by Gasteiger charge is 2.27. The van der Waals surface area contributed by atoms with Crippen molar-refractivity contribution in [1.29, 1.82) is 0 Å². The molecule has 1 N–H and O–H groups in total. The van der Waals surface area contributed by atoms with Crippen LogP contribution in [0.15, 0.2) is 77.9 Å². The number of hydrogen-bond acceptors (Lipinski definition) is 8. The first-order valence-electron chi connectivity index (χ1n) is 14.5. The van der Waals surface area contributed by atoms with Gasteiger partial charge in [-0.1, -0.05) is 18.2 Å². The number of piperazine rings is 1. The van der Waals surface area contributed by atoms with E-state index in [0.717, 1.165) is 56.0 Å². The van der Waals surface area contributed by atoms with E-state index in [0.29, 0.717) is 35.3 Å². The Morgan fingerprint density at radius 1 is 0.976 bits per heavy atom. The van der Waals surface area contributed by atoms with Crippen molar-refractivity contribution in [3.63, 3.8) is 0 Å². The Labute approximate surface area is 244 Å².